The molecule has 0 aliphatic carbocycles. The van der Waals surface area contributed by atoms with Gasteiger partial charge in [0, 0.05) is 11.6 Å². The third-order valence-corrected chi connectivity index (χ3v) is 2.47. The number of fused-ring (bicyclic) bond motifs is 1. The molecule has 0 radical (unpaired) electrons. The van der Waals surface area contributed by atoms with E-state index in [0.717, 1.165) is 17.3 Å². The highest BCUT2D eigenvalue weighted by Crippen LogP contribution is 2.28. The number of hydrogen-bond acceptors (Lipinski definition) is 3. The average Bonchev–Trinajstić information content (AvgIpc) is 2.35. The number of aromatic nitrogens is 1. The van der Waals surface area contributed by atoms with Gasteiger partial charge in [0.1, 0.15) is 11.6 Å². The maximum atomic E-state index is 7.54. The van der Waals surface area contributed by atoms with Gasteiger partial charge >= 0.3 is 0 Å². The minimum Gasteiger partial charge on any atom is -0.492 e. The Labute approximate surface area is 99.9 Å². The summed E-state index contributed by atoms with van der Waals surface area (Å²) in [5.74, 6) is 0.638. The van der Waals surface area contributed by atoms with Crippen LogP contribution in [0.3, 0.4) is 0 Å². The van der Waals surface area contributed by atoms with E-state index in [2.05, 4.69) is 4.98 Å². The Morgan fingerprint density at radius 1 is 1.41 bits per heavy atom. The van der Waals surface area contributed by atoms with Crippen LogP contribution in [-0.2, 0) is 0 Å². The van der Waals surface area contributed by atoms with Gasteiger partial charge in [0.2, 0.25) is 0 Å². The summed E-state index contributed by atoms with van der Waals surface area (Å²) < 4.78 is 5.70. The standard InChI is InChI=1S/C13H15N3O/c1-2-7-17-12-9-5-3-4-6-11(9)16-8-10(12)13(14)15/h3-6,8H,2,7H2,1H3,(H3,14,15). The Bertz CT molecular complexity index is 551. The minimum atomic E-state index is -0.0191. The lowest BCUT2D eigenvalue weighted by Gasteiger charge is -2.12. The number of ether oxygens (including phenoxy) is 1. The number of nitrogen functional groups attached to an aromatic ring is 1. The van der Waals surface area contributed by atoms with Crippen molar-refractivity contribution in [3.8, 4) is 5.75 Å². The van der Waals surface area contributed by atoms with Crippen LogP contribution in [0.5, 0.6) is 5.75 Å². The lowest BCUT2D eigenvalue weighted by Crippen LogP contribution is -2.14. The molecule has 0 saturated heterocycles. The number of para-hydroxylation sites is 1. The second-order valence-corrected chi connectivity index (χ2v) is 3.78. The molecule has 0 aliphatic rings. The highest BCUT2D eigenvalue weighted by Gasteiger charge is 2.11. The number of pyridine rings is 1. The van der Waals surface area contributed by atoms with Crippen LogP contribution in [0.4, 0.5) is 0 Å². The molecule has 2 rings (SSSR count). The molecule has 0 fully saturated rings. The van der Waals surface area contributed by atoms with Crippen LogP contribution in [0.15, 0.2) is 30.5 Å². The number of nitrogens with one attached hydrogen (secondary N) is 1. The number of nitrogens with zero attached hydrogens (tertiary/aromatic N) is 1. The van der Waals surface area contributed by atoms with Crippen LogP contribution in [0.1, 0.15) is 18.9 Å². The Kier molecular flexibility index (Phi) is 3.23. The van der Waals surface area contributed by atoms with E-state index in [1.165, 1.54) is 0 Å². The van der Waals surface area contributed by atoms with E-state index in [9.17, 15) is 0 Å². The van der Waals surface area contributed by atoms with Gasteiger partial charge in [-0.25, -0.2) is 0 Å². The Hall–Kier alpha value is -2.10. The van der Waals surface area contributed by atoms with Gasteiger partial charge in [0.25, 0.3) is 0 Å². The smallest absolute Gasteiger partial charge is 0.141 e. The first-order valence-corrected chi connectivity index (χ1v) is 5.59. The molecule has 4 heteroatoms. The average molecular weight is 229 g/mol. The van der Waals surface area contributed by atoms with Crippen LogP contribution in [0.25, 0.3) is 10.9 Å². The summed E-state index contributed by atoms with van der Waals surface area (Å²) in [4.78, 5) is 4.27. The Morgan fingerprint density at radius 2 is 2.18 bits per heavy atom. The fourth-order valence-electron chi connectivity index (χ4n) is 1.67. The lowest BCUT2D eigenvalue weighted by atomic mass is 10.1. The van der Waals surface area contributed by atoms with Crippen molar-refractivity contribution in [2.24, 2.45) is 5.73 Å². The summed E-state index contributed by atoms with van der Waals surface area (Å²) in [5, 5.41) is 8.44. The summed E-state index contributed by atoms with van der Waals surface area (Å²) >= 11 is 0. The number of rotatable bonds is 4. The molecule has 17 heavy (non-hydrogen) atoms. The van der Waals surface area contributed by atoms with Crippen LogP contribution in [0.2, 0.25) is 0 Å². The van der Waals surface area contributed by atoms with E-state index in [4.69, 9.17) is 15.9 Å². The van der Waals surface area contributed by atoms with Crippen molar-refractivity contribution < 1.29 is 4.74 Å². The predicted octanol–water partition coefficient (Wildman–Crippen LogP) is 2.31. The van der Waals surface area contributed by atoms with Crippen LogP contribution in [-0.4, -0.2) is 17.4 Å². The lowest BCUT2D eigenvalue weighted by molar-refractivity contribution is 0.320. The fourth-order valence-corrected chi connectivity index (χ4v) is 1.67. The van der Waals surface area contributed by atoms with E-state index < -0.39 is 0 Å². The van der Waals surface area contributed by atoms with Crippen molar-refractivity contribution in [3.05, 3.63) is 36.0 Å². The largest absolute Gasteiger partial charge is 0.492 e. The zero-order chi connectivity index (χ0) is 12.3. The second-order valence-electron chi connectivity index (χ2n) is 3.78. The summed E-state index contributed by atoms with van der Waals surface area (Å²) in [6.45, 7) is 2.64. The maximum absolute atomic E-state index is 7.54. The molecule has 88 valence electrons. The molecule has 0 spiro atoms. The molecule has 1 aromatic heterocycles. The van der Waals surface area contributed by atoms with Crippen molar-refractivity contribution in [2.45, 2.75) is 13.3 Å². The minimum absolute atomic E-state index is 0.0191. The number of benzene rings is 1. The molecule has 0 saturated carbocycles. The van der Waals surface area contributed by atoms with Gasteiger partial charge in [-0.2, -0.15) is 0 Å². The van der Waals surface area contributed by atoms with Crippen LogP contribution >= 0.6 is 0 Å². The van der Waals surface area contributed by atoms with E-state index in [1.807, 2.05) is 31.2 Å². The molecule has 0 bridgehead atoms. The summed E-state index contributed by atoms with van der Waals surface area (Å²) in [7, 11) is 0. The highest BCUT2D eigenvalue weighted by molar-refractivity contribution is 6.02. The quantitative estimate of drug-likeness (QED) is 0.624. The van der Waals surface area contributed by atoms with Gasteiger partial charge < -0.3 is 10.5 Å². The molecular weight excluding hydrogens is 214 g/mol. The predicted molar refractivity (Wildman–Crippen MR) is 68.5 cm³/mol. The monoisotopic (exact) mass is 229 g/mol. The molecule has 1 aromatic carbocycles. The highest BCUT2D eigenvalue weighted by atomic mass is 16.5. The Morgan fingerprint density at radius 3 is 2.88 bits per heavy atom. The van der Waals surface area contributed by atoms with Gasteiger partial charge in [0.05, 0.1) is 17.7 Å². The molecule has 0 atom stereocenters. The van der Waals surface area contributed by atoms with E-state index in [0.29, 0.717) is 17.9 Å². The number of amidine groups is 1. The SMILES string of the molecule is CCCOc1c(C(=N)N)cnc2ccccc12. The summed E-state index contributed by atoms with van der Waals surface area (Å²) in [6.07, 6.45) is 2.50. The van der Waals surface area contributed by atoms with Gasteiger partial charge in [0.15, 0.2) is 0 Å². The van der Waals surface area contributed by atoms with E-state index >= 15 is 0 Å². The molecule has 0 unspecified atom stereocenters. The molecular formula is C13H15N3O. The first-order valence-electron chi connectivity index (χ1n) is 5.59. The zero-order valence-electron chi connectivity index (χ0n) is 9.73. The summed E-state index contributed by atoms with van der Waals surface area (Å²) in [5.41, 5.74) is 6.94. The molecule has 2 aromatic rings. The maximum Gasteiger partial charge on any atom is 0.141 e. The molecule has 0 aliphatic heterocycles. The van der Waals surface area contributed by atoms with Crippen molar-refractivity contribution in [2.75, 3.05) is 6.61 Å². The molecule has 0 amide bonds. The zero-order valence-corrected chi connectivity index (χ0v) is 9.73. The van der Waals surface area contributed by atoms with E-state index in [1.54, 1.807) is 6.20 Å². The number of nitrogens with two attached hydrogens (primary N) is 1. The van der Waals surface area contributed by atoms with Crippen LogP contribution in [0, 0.1) is 5.41 Å². The Balaban J connectivity index is 2.61. The second kappa shape index (κ2) is 4.82. The van der Waals surface area contributed by atoms with Crippen molar-refractivity contribution in [3.63, 3.8) is 0 Å². The van der Waals surface area contributed by atoms with Gasteiger partial charge in [-0.15, -0.1) is 0 Å². The third-order valence-electron chi connectivity index (χ3n) is 2.47. The topological polar surface area (TPSA) is 72.0 Å². The number of hydrogen-bond donors (Lipinski definition) is 2. The molecule has 3 N–H and O–H groups in total. The fraction of sp³-hybridized carbons (Fsp3) is 0.231. The van der Waals surface area contributed by atoms with Gasteiger partial charge in [-0.05, 0) is 18.6 Å². The molecule has 1 heterocycles. The third kappa shape index (κ3) is 2.20. The van der Waals surface area contributed by atoms with Crippen LogP contribution < -0.4 is 10.5 Å². The first-order chi connectivity index (χ1) is 8.24. The van der Waals surface area contributed by atoms with Crippen molar-refractivity contribution in [1.82, 2.24) is 4.98 Å². The van der Waals surface area contributed by atoms with Crippen molar-refractivity contribution >= 4 is 16.7 Å². The summed E-state index contributed by atoms with van der Waals surface area (Å²) in [6, 6.07) is 7.69. The van der Waals surface area contributed by atoms with E-state index in [-0.39, 0.29) is 5.84 Å². The first kappa shape index (κ1) is 11.4. The normalized spacial score (nSPS) is 10.4. The van der Waals surface area contributed by atoms with Crippen molar-refractivity contribution in [1.29, 1.82) is 5.41 Å². The van der Waals surface area contributed by atoms with Gasteiger partial charge in [-0.1, -0.05) is 19.1 Å². The molecule has 4 nitrogen and oxygen atoms in total. The van der Waals surface area contributed by atoms with Gasteiger partial charge in [-0.3, -0.25) is 10.4 Å².